The largest absolute Gasteiger partial charge is 0.496 e. The Kier molecular flexibility index (Phi) is 3.39. The van der Waals surface area contributed by atoms with Gasteiger partial charge in [-0.25, -0.2) is 4.98 Å². The van der Waals surface area contributed by atoms with Gasteiger partial charge in [0, 0.05) is 17.5 Å². The second kappa shape index (κ2) is 4.82. The van der Waals surface area contributed by atoms with E-state index in [0.717, 1.165) is 16.9 Å². The summed E-state index contributed by atoms with van der Waals surface area (Å²) in [5, 5.41) is 0.613. The standard InChI is InChI=1S/C13H13ClN2O2/c1-7-4-9(14)5-10(12(7)18-3)11-6-15-13(16-11)8(2)17/h4-6H,1-3H3,(H,15,16). The molecule has 0 radical (unpaired) electrons. The molecular formula is C13H13ClN2O2. The molecule has 2 aromatic rings. The van der Waals surface area contributed by atoms with Gasteiger partial charge in [0.1, 0.15) is 5.75 Å². The molecule has 1 N–H and O–H groups in total. The number of halogens is 1. The predicted molar refractivity (Wildman–Crippen MR) is 70.3 cm³/mol. The van der Waals surface area contributed by atoms with Gasteiger partial charge < -0.3 is 9.72 Å². The Morgan fingerprint density at radius 1 is 1.44 bits per heavy atom. The molecule has 0 aliphatic rings. The third-order valence-corrected chi connectivity index (χ3v) is 2.86. The fourth-order valence-electron chi connectivity index (χ4n) is 1.84. The number of carbonyl (C=O) groups excluding carboxylic acids is 1. The first-order valence-electron chi connectivity index (χ1n) is 5.43. The number of nitrogens with one attached hydrogen (secondary N) is 1. The molecule has 1 heterocycles. The molecule has 0 aliphatic heterocycles. The van der Waals surface area contributed by atoms with Crippen LogP contribution in [0.1, 0.15) is 23.1 Å². The van der Waals surface area contributed by atoms with Gasteiger partial charge in [-0.2, -0.15) is 0 Å². The molecule has 0 saturated heterocycles. The molecule has 0 aliphatic carbocycles. The van der Waals surface area contributed by atoms with E-state index in [1.165, 1.54) is 6.92 Å². The SMILES string of the molecule is COc1c(C)cc(Cl)cc1-c1cnc(C(C)=O)[nH]1. The summed E-state index contributed by atoms with van der Waals surface area (Å²) >= 11 is 6.04. The van der Waals surface area contributed by atoms with Crippen molar-refractivity contribution in [2.24, 2.45) is 0 Å². The highest BCUT2D eigenvalue weighted by molar-refractivity contribution is 6.31. The fourth-order valence-corrected chi connectivity index (χ4v) is 2.11. The van der Waals surface area contributed by atoms with E-state index in [-0.39, 0.29) is 5.78 Å². The monoisotopic (exact) mass is 264 g/mol. The molecule has 1 aromatic heterocycles. The zero-order valence-corrected chi connectivity index (χ0v) is 11.1. The number of ether oxygens (including phenoxy) is 1. The average Bonchev–Trinajstić information content (AvgIpc) is 2.77. The quantitative estimate of drug-likeness (QED) is 0.866. The third kappa shape index (κ3) is 2.24. The molecular weight excluding hydrogens is 252 g/mol. The van der Waals surface area contributed by atoms with Crippen molar-refractivity contribution in [3.63, 3.8) is 0 Å². The average molecular weight is 265 g/mol. The Bertz CT molecular complexity index is 605. The molecule has 5 heteroatoms. The van der Waals surface area contributed by atoms with Crippen molar-refractivity contribution in [2.75, 3.05) is 7.11 Å². The smallest absolute Gasteiger partial charge is 0.194 e. The highest BCUT2D eigenvalue weighted by Crippen LogP contribution is 2.34. The minimum Gasteiger partial charge on any atom is -0.496 e. The molecule has 0 amide bonds. The molecule has 18 heavy (non-hydrogen) atoms. The number of imidazole rings is 1. The molecule has 0 atom stereocenters. The van der Waals surface area contributed by atoms with E-state index < -0.39 is 0 Å². The van der Waals surface area contributed by atoms with Crippen LogP contribution in [0.5, 0.6) is 5.75 Å². The van der Waals surface area contributed by atoms with E-state index in [9.17, 15) is 4.79 Å². The molecule has 1 aromatic carbocycles. The number of benzene rings is 1. The Labute approximate surface area is 110 Å². The molecule has 0 saturated carbocycles. The first kappa shape index (κ1) is 12.6. The van der Waals surface area contributed by atoms with E-state index in [4.69, 9.17) is 16.3 Å². The maximum atomic E-state index is 11.2. The zero-order chi connectivity index (χ0) is 13.3. The number of aryl methyl sites for hydroxylation is 1. The summed E-state index contributed by atoms with van der Waals surface area (Å²) in [7, 11) is 1.60. The third-order valence-electron chi connectivity index (χ3n) is 2.64. The van der Waals surface area contributed by atoms with Crippen LogP contribution in [0.15, 0.2) is 18.3 Å². The Morgan fingerprint density at radius 3 is 2.72 bits per heavy atom. The number of methoxy groups -OCH3 is 1. The summed E-state index contributed by atoms with van der Waals surface area (Å²) in [5.41, 5.74) is 2.43. The number of hydrogen-bond acceptors (Lipinski definition) is 3. The summed E-state index contributed by atoms with van der Waals surface area (Å²) in [5.74, 6) is 0.932. The summed E-state index contributed by atoms with van der Waals surface area (Å²) in [4.78, 5) is 18.2. The van der Waals surface area contributed by atoms with Crippen LogP contribution in [-0.4, -0.2) is 22.9 Å². The van der Waals surface area contributed by atoms with Crippen molar-refractivity contribution >= 4 is 17.4 Å². The van der Waals surface area contributed by atoms with Crippen LogP contribution in [0.2, 0.25) is 5.02 Å². The van der Waals surface area contributed by atoms with E-state index in [1.807, 2.05) is 13.0 Å². The lowest BCUT2D eigenvalue weighted by Crippen LogP contribution is -1.95. The van der Waals surface area contributed by atoms with E-state index >= 15 is 0 Å². The Hall–Kier alpha value is -1.81. The van der Waals surface area contributed by atoms with Crippen molar-refractivity contribution in [1.82, 2.24) is 9.97 Å². The molecule has 4 nitrogen and oxygen atoms in total. The number of carbonyl (C=O) groups is 1. The van der Waals surface area contributed by atoms with Crippen LogP contribution >= 0.6 is 11.6 Å². The second-order valence-electron chi connectivity index (χ2n) is 4.01. The van der Waals surface area contributed by atoms with Crippen molar-refractivity contribution in [3.8, 4) is 17.0 Å². The minimum atomic E-state index is -0.112. The molecule has 2 rings (SSSR count). The normalized spacial score (nSPS) is 10.4. The van der Waals surface area contributed by atoms with Gasteiger partial charge in [0.25, 0.3) is 0 Å². The zero-order valence-electron chi connectivity index (χ0n) is 10.4. The number of rotatable bonds is 3. The van der Waals surface area contributed by atoms with E-state index in [0.29, 0.717) is 16.5 Å². The lowest BCUT2D eigenvalue weighted by Gasteiger charge is -2.10. The topological polar surface area (TPSA) is 55.0 Å². The van der Waals surface area contributed by atoms with Gasteiger partial charge in [0.2, 0.25) is 0 Å². The maximum Gasteiger partial charge on any atom is 0.194 e. The number of hydrogen-bond donors (Lipinski definition) is 1. The van der Waals surface area contributed by atoms with Gasteiger partial charge in [0.15, 0.2) is 11.6 Å². The lowest BCUT2D eigenvalue weighted by molar-refractivity contribution is 0.100. The summed E-state index contributed by atoms with van der Waals surface area (Å²) < 4.78 is 5.36. The number of H-pyrrole nitrogens is 1. The van der Waals surface area contributed by atoms with Crippen LogP contribution in [0.3, 0.4) is 0 Å². The van der Waals surface area contributed by atoms with Crippen molar-refractivity contribution in [3.05, 3.63) is 34.7 Å². The van der Waals surface area contributed by atoms with Crippen LogP contribution in [-0.2, 0) is 0 Å². The summed E-state index contributed by atoms with van der Waals surface area (Å²) in [6.45, 7) is 3.37. The molecule has 0 spiro atoms. The Balaban J connectivity index is 2.58. The van der Waals surface area contributed by atoms with Gasteiger partial charge in [-0.3, -0.25) is 4.79 Å². The summed E-state index contributed by atoms with van der Waals surface area (Å²) in [6.07, 6.45) is 1.60. The Morgan fingerprint density at radius 2 is 2.17 bits per heavy atom. The van der Waals surface area contributed by atoms with Crippen LogP contribution in [0, 0.1) is 6.92 Å². The van der Waals surface area contributed by atoms with Gasteiger partial charge in [-0.15, -0.1) is 0 Å². The van der Waals surface area contributed by atoms with E-state index in [1.54, 1.807) is 19.4 Å². The van der Waals surface area contributed by atoms with E-state index in [2.05, 4.69) is 9.97 Å². The highest BCUT2D eigenvalue weighted by atomic mass is 35.5. The lowest BCUT2D eigenvalue weighted by atomic mass is 10.1. The molecule has 0 unspecified atom stereocenters. The number of aromatic nitrogens is 2. The number of Topliss-reactive ketones (excluding diaryl/α,β-unsaturated/α-hetero) is 1. The first-order chi connectivity index (χ1) is 8.52. The predicted octanol–water partition coefficient (Wildman–Crippen LogP) is 3.25. The van der Waals surface area contributed by atoms with Gasteiger partial charge in [-0.05, 0) is 24.6 Å². The number of aromatic amines is 1. The van der Waals surface area contributed by atoms with Gasteiger partial charge in [-0.1, -0.05) is 11.6 Å². The maximum absolute atomic E-state index is 11.2. The minimum absolute atomic E-state index is 0.112. The number of nitrogens with zero attached hydrogens (tertiary/aromatic N) is 1. The van der Waals surface area contributed by atoms with Crippen molar-refractivity contribution in [2.45, 2.75) is 13.8 Å². The molecule has 94 valence electrons. The van der Waals surface area contributed by atoms with Crippen molar-refractivity contribution in [1.29, 1.82) is 0 Å². The summed E-state index contributed by atoms with van der Waals surface area (Å²) in [6, 6.07) is 3.61. The van der Waals surface area contributed by atoms with Crippen LogP contribution < -0.4 is 4.74 Å². The van der Waals surface area contributed by atoms with Gasteiger partial charge >= 0.3 is 0 Å². The van der Waals surface area contributed by atoms with Crippen LogP contribution in [0.4, 0.5) is 0 Å². The second-order valence-corrected chi connectivity index (χ2v) is 4.44. The fraction of sp³-hybridized carbons (Fsp3) is 0.231. The van der Waals surface area contributed by atoms with Gasteiger partial charge in [0.05, 0.1) is 19.0 Å². The highest BCUT2D eigenvalue weighted by Gasteiger charge is 2.13. The first-order valence-corrected chi connectivity index (χ1v) is 5.81. The molecule has 0 fully saturated rings. The molecule has 0 bridgehead atoms. The van der Waals surface area contributed by atoms with Crippen molar-refractivity contribution < 1.29 is 9.53 Å². The van der Waals surface area contributed by atoms with Crippen LogP contribution in [0.25, 0.3) is 11.3 Å². The number of ketones is 1.